The average molecular weight is 305 g/mol. The number of thiazole rings is 1. The monoisotopic (exact) mass is 305 g/mol. The smallest absolute Gasteiger partial charge is 0.123 e. The Morgan fingerprint density at radius 3 is 2.77 bits per heavy atom. The predicted molar refractivity (Wildman–Crippen MR) is 94.5 cm³/mol. The van der Waals surface area contributed by atoms with E-state index >= 15 is 0 Å². The number of aromatic nitrogens is 1. The number of fused-ring (bicyclic) bond motifs is 1. The summed E-state index contributed by atoms with van der Waals surface area (Å²) in [6.07, 6.45) is 5.77. The Morgan fingerprint density at radius 2 is 1.91 bits per heavy atom. The van der Waals surface area contributed by atoms with Crippen molar-refractivity contribution in [3.63, 3.8) is 0 Å². The Balaban J connectivity index is 1.76. The lowest BCUT2D eigenvalue weighted by atomic mass is 10.0. The molecule has 0 spiro atoms. The standard InChI is InChI=1S/C20H19NS/c1-13-9-10-16(11-14(13)2)20-21-12-19(22-20)18-8-4-6-15-5-3-7-17(15)18/h4,6,8-12H,3,5,7H2,1-2H3. The molecule has 4 rings (SSSR count). The highest BCUT2D eigenvalue weighted by molar-refractivity contribution is 7.18. The molecule has 0 saturated heterocycles. The summed E-state index contributed by atoms with van der Waals surface area (Å²) in [5, 5.41) is 1.12. The number of aryl methyl sites for hydroxylation is 3. The molecule has 3 aromatic rings. The van der Waals surface area contributed by atoms with E-state index in [1.165, 1.54) is 57.5 Å². The molecule has 0 aliphatic heterocycles. The Labute approximate surface area is 135 Å². The molecule has 110 valence electrons. The van der Waals surface area contributed by atoms with Crippen molar-refractivity contribution in [2.75, 3.05) is 0 Å². The van der Waals surface area contributed by atoms with Crippen LogP contribution in [0.15, 0.2) is 42.6 Å². The Bertz CT molecular complexity index is 845. The number of nitrogens with zero attached hydrogens (tertiary/aromatic N) is 1. The summed E-state index contributed by atoms with van der Waals surface area (Å²) in [5.41, 5.74) is 8.35. The second-order valence-electron chi connectivity index (χ2n) is 6.13. The van der Waals surface area contributed by atoms with Gasteiger partial charge in [-0.05, 0) is 67.0 Å². The molecule has 0 unspecified atom stereocenters. The van der Waals surface area contributed by atoms with Crippen molar-refractivity contribution in [3.8, 4) is 21.0 Å². The van der Waals surface area contributed by atoms with Gasteiger partial charge in [0.15, 0.2) is 0 Å². The van der Waals surface area contributed by atoms with Gasteiger partial charge in [0.2, 0.25) is 0 Å². The van der Waals surface area contributed by atoms with Gasteiger partial charge in [-0.15, -0.1) is 11.3 Å². The van der Waals surface area contributed by atoms with Crippen LogP contribution in [0.5, 0.6) is 0 Å². The highest BCUT2D eigenvalue weighted by Gasteiger charge is 2.17. The third kappa shape index (κ3) is 2.28. The third-order valence-electron chi connectivity index (χ3n) is 4.67. The van der Waals surface area contributed by atoms with Crippen LogP contribution in [-0.4, -0.2) is 4.98 Å². The van der Waals surface area contributed by atoms with E-state index in [1.54, 1.807) is 0 Å². The first-order chi connectivity index (χ1) is 10.7. The summed E-state index contributed by atoms with van der Waals surface area (Å²) in [5.74, 6) is 0. The quantitative estimate of drug-likeness (QED) is 0.602. The summed E-state index contributed by atoms with van der Waals surface area (Å²) in [6, 6.07) is 13.3. The summed E-state index contributed by atoms with van der Waals surface area (Å²) in [4.78, 5) is 5.98. The van der Waals surface area contributed by atoms with Gasteiger partial charge in [0.1, 0.15) is 5.01 Å². The lowest BCUT2D eigenvalue weighted by molar-refractivity contribution is 0.912. The molecule has 0 atom stereocenters. The molecule has 1 aliphatic carbocycles. The van der Waals surface area contributed by atoms with Gasteiger partial charge >= 0.3 is 0 Å². The lowest BCUT2D eigenvalue weighted by Gasteiger charge is -2.05. The van der Waals surface area contributed by atoms with E-state index in [0.717, 1.165) is 5.01 Å². The van der Waals surface area contributed by atoms with Crippen LogP contribution in [0.1, 0.15) is 28.7 Å². The number of rotatable bonds is 2. The molecular weight excluding hydrogens is 286 g/mol. The van der Waals surface area contributed by atoms with Crippen LogP contribution in [0, 0.1) is 13.8 Å². The van der Waals surface area contributed by atoms with Crippen molar-refractivity contribution < 1.29 is 0 Å². The van der Waals surface area contributed by atoms with Crippen molar-refractivity contribution >= 4 is 11.3 Å². The zero-order valence-corrected chi connectivity index (χ0v) is 13.8. The van der Waals surface area contributed by atoms with Gasteiger partial charge in [-0.1, -0.05) is 30.3 Å². The van der Waals surface area contributed by atoms with Crippen LogP contribution in [-0.2, 0) is 12.8 Å². The fourth-order valence-electron chi connectivity index (χ4n) is 3.26. The van der Waals surface area contributed by atoms with Crippen molar-refractivity contribution in [3.05, 3.63) is 64.8 Å². The van der Waals surface area contributed by atoms with E-state index in [1.807, 2.05) is 17.5 Å². The highest BCUT2D eigenvalue weighted by atomic mass is 32.1. The van der Waals surface area contributed by atoms with Crippen molar-refractivity contribution in [1.82, 2.24) is 4.98 Å². The fourth-order valence-corrected chi connectivity index (χ4v) is 4.22. The third-order valence-corrected chi connectivity index (χ3v) is 5.75. The van der Waals surface area contributed by atoms with E-state index in [0.29, 0.717) is 0 Å². The molecule has 1 aromatic heterocycles. The zero-order valence-electron chi connectivity index (χ0n) is 13.0. The minimum atomic E-state index is 1.12. The molecular formula is C20H19NS. The van der Waals surface area contributed by atoms with Gasteiger partial charge in [0.25, 0.3) is 0 Å². The topological polar surface area (TPSA) is 12.9 Å². The Hall–Kier alpha value is -1.93. The first-order valence-corrected chi connectivity index (χ1v) is 8.68. The Kier molecular flexibility index (Phi) is 3.34. The molecule has 1 heterocycles. The van der Waals surface area contributed by atoms with Crippen molar-refractivity contribution in [1.29, 1.82) is 0 Å². The first-order valence-electron chi connectivity index (χ1n) is 7.87. The number of benzene rings is 2. The van der Waals surface area contributed by atoms with Crippen molar-refractivity contribution in [2.45, 2.75) is 33.1 Å². The number of hydrogen-bond acceptors (Lipinski definition) is 2. The molecule has 0 saturated carbocycles. The van der Waals surface area contributed by atoms with E-state index in [-0.39, 0.29) is 0 Å². The first kappa shape index (κ1) is 13.7. The van der Waals surface area contributed by atoms with E-state index < -0.39 is 0 Å². The molecule has 0 bridgehead atoms. The van der Waals surface area contributed by atoms with E-state index in [9.17, 15) is 0 Å². The second kappa shape index (κ2) is 5.36. The van der Waals surface area contributed by atoms with Gasteiger partial charge in [0, 0.05) is 11.8 Å². The molecule has 2 aromatic carbocycles. The molecule has 0 N–H and O–H groups in total. The molecule has 0 fully saturated rings. The maximum atomic E-state index is 4.68. The molecule has 1 nitrogen and oxygen atoms in total. The lowest BCUT2D eigenvalue weighted by Crippen LogP contribution is -1.85. The minimum absolute atomic E-state index is 1.12. The van der Waals surface area contributed by atoms with Crippen LogP contribution >= 0.6 is 11.3 Å². The maximum Gasteiger partial charge on any atom is 0.123 e. The summed E-state index contributed by atoms with van der Waals surface area (Å²) < 4.78 is 0. The summed E-state index contributed by atoms with van der Waals surface area (Å²) >= 11 is 1.81. The zero-order chi connectivity index (χ0) is 15.1. The van der Waals surface area contributed by atoms with Gasteiger partial charge in [-0.25, -0.2) is 4.98 Å². The van der Waals surface area contributed by atoms with Crippen LogP contribution < -0.4 is 0 Å². The van der Waals surface area contributed by atoms with Crippen LogP contribution in [0.3, 0.4) is 0 Å². The fraction of sp³-hybridized carbons (Fsp3) is 0.250. The SMILES string of the molecule is Cc1ccc(-c2ncc(-c3cccc4c3CCC4)s2)cc1C. The molecule has 22 heavy (non-hydrogen) atoms. The minimum Gasteiger partial charge on any atom is -0.244 e. The van der Waals surface area contributed by atoms with Crippen molar-refractivity contribution in [2.24, 2.45) is 0 Å². The van der Waals surface area contributed by atoms with Gasteiger partial charge in [0.05, 0.1) is 4.88 Å². The predicted octanol–water partition coefficient (Wildman–Crippen LogP) is 5.58. The normalized spacial score (nSPS) is 13.4. The van der Waals surface area contributed by atoms with Crippen LogP contribution in [0.25, 0.3) is 21.0 Å². The molecule has 2 heteroatoms. The summed E-state index contributed by atoms with van der Waals surface area (Å²) in [6.45, 7) is 4.32. The molecule has 1 aliphatic rings. The number of hydrogen-bond donors (Lipinski definition) is 0. The highest BCUT2D eigenvalue weighted by Crippen LogP contribution is 2.37. The maximum absolute atomic E-state index is 4.68. The Morgan fingerprint density at radius 1 is 1.00 bits per heavy atom. The average Bonchev–Trinajstić information content (AvgIpc) is 3.18. The summed E-state index contributed by atoms with van der Waals surface area (Å²) in [7, 11) is 0. The van der Waals surface area contributed by atoms with E-state index in [2.05, 4.69) is 55.2 Å². The van der Waals surface area contributed by atoms with Gasteiger partial charge in [-0.2, -0.15) is 0 Å². The van der Waals surface area contributed by atoms with Crippen LogP contribution in [0.2, 0.25) is 0 Å². The largest absolute Gasteiger partial charge is 0.244 e. The molecule has 0 amide bonds. The second-order valence-corrected chi connectivity index (χ2v) is 7.16. The van der Waals surface area contributed by atoms with Gasteiger partial charge < -0.3 is 0 Å². The van der Waals surface area contributed by atoms with Crippen LogP contribution in [0.4, 0.5) is 0 Å². The molecule has 0 radical (unpaired) electrons. The van der Waals surface area contributed by atoms with E-state index in [4.69, 9.17) is 0 Å². The van der Waals surface area contributed by atoms with Gasteiger partial charge in [-0.3, -0.25) is 0 Å².